The highest BCUT2D eigenvalue weighted by atomic mass is 35.5. The molecule has 1 aliphatic heterocycles. The summed E-state index contributed by atoms with van der Waals surface area (Å²) in [7, 11) is 0. The van der Waals surface area contributed by atoms with Gasteiger partial charge in [0.1, 0.15) is 0 Å². The zero-order valence-electron chi connectivity index (χ0n) is 11.7. The number of fused-ring (bicyclic) bond motifs is 1. The van der Waals surface area contributed by atoms with E-state index >= 15 is 0 Å². The molecule has 1 unspecified atom stereocenters. The van der Waals surface area contributed by atoms with Crippen molar-refractivity contribution in [1.82, 2.24) is 5.32 Å². The minimum atomic E-state index is 0.303. The first-order valence-corrected chi connectivity index (χ1v) is 10.0. The van der Waals surface area contributed by atoms with Crippen molar-refractivity contribution in [3.63, 3.8) is 0 Å². The van der Waals surface area contributed by atoms with Gasteiger partial charge >= 0.3 is 0 Å². The molecule has 2 aromatic heterocycles. The van der Waals surface area contributed by atoms with Crippen LogP contribution >= 0.6 is 46.0 Å². The van der Waals surface area contributed by atoms with Crippen LogP contribution in [0.4, 0.5) is 0 Å². The van der Waals surface area contributed by atoms with Gasteiger partial charge in [-0.3, -0.25) is 0 Å². The molecular formula is C15H18ClNS3. The van der Waals surface area contributed by atoms with Crippen molar-refractivity contribution in [2.45, 2.75) is 32.1 Å². The van der Waals surface area contributed by atoms with E-state index in [0.29, 0.717) is 6.04 Å². The van der Waals surface area contributed by atoms with Crippen LogP contribution in [-0.2, 0) is 12.2 Å². The van der Waals surface area contributed by atoms with Gasteiger partial charge in [0.05, 0.1) is 10.4 Å². The predicted molar refractivity (Wildman–Crippen MR) is 93.8 cm³/mol. The molecule has 5 heteroatoms. The number of hydrogen-bond acceptors (Lipinski definition) is 4. The largest absolute Gasteiger partial charge is 0.305 e. The number of hydrogen-bond donors (Lipinski definition) is 1. The van der Waals surface area contributed by atoms with E-state index in [1.807, 2.05) is 23.1 Å². The molecule has 0 spiro atoms. The Morgan fingerprint density at radius 3 is 2.75 bits per heavy atom. The highest BCUT2D eigenvalue weighted by molar-refractivity contribution is 7.98. The Morgan fingerprint density at radius 1 is 1.30 bits per heavy atom. The van der Waals surface area contributed by atoms with Crippen molar-refractivity contribution < 1.29 is 0 Å². The summed E-state index contributed by atoms with van der Waals surface area (Å²) in [6.07, 6.45) is 1.23. The lowest BCUT2D eigenvalue weighted by atomic mass is 10.1. The Hall–Kier alpha value is -0.000000000000000111. The second kappa shape index (κ2) is 6.41. The minimum Gasteiger partial charge on any atom is -0.305 e. The third-order valence-corrected chi connectivity index (χ3v) is 7.43. The molecule has 0 aromatic carbocycles. The first-order chi connectivity index (χ1) is 9.69. The molecule has 3 heterocycles. The number of nitrogens with one attached hydrogen (secondary N) is 1. The van der Waals surface area contributed by atoms with Crippen molar-refractivity contribution in [1.29, 1.82) is 0 Å². The number of thioether (sulfide) groups is 1. The summed E-state index contributed by atoms with van der Waals surface area (Å²) < 4.78 is 0.916. The molecule has 0 bridgehead atoms. The second-order valence-electron chi connectivity index (χ2n) is 5.00. The molecule has 108 valence electrons. The second-order valence-corrected chi connectivity index (χ2v) is 8.96. The first-order valence-electron chi connectivity index (χ1n) is 6.87. The number of thiophene rings is 2. The maximum Gasteiger partial charge on any atom is 0.0961 e. The normalized spacial score (nSPS) is 16.1. The maximum absolute atomic E-state index is 6.25. The SMILES string of the molecule is CCNC(c1cc(C)c(Cl)s1)c1cc2c(s1)CCSC2. The molecule has 2 aromatic rings. The van der Waals surface area contributed by atoms with Gasteiger partial charge in [0.15, 0.2) is 0 Å². The number of rotatable bonds is 4. The molecule has 0 aliphatic carbocycles. The predicted octanol–water partition coefficient (Wildman–Crippen LogP) is 5.26. The average Bonchev–Trinajstić information content (AvgIpc) is 3.00. The summed E-state index contributed by atoms with van der Waals surface area (Å²) in [4.78, 5) is 4.36. The Morgan fingerprint density at radius 2 is 2.10 bits per heavy atom. The summed E-state index contributed by atoms with van der Waals surface area (Å²) >= 11 is 12.0. The van der Waals surface area contributed by atoms with E-state index in [2.05, 4.69) is 31.3 Å². The maximum atomic E-state index is 6.25. The van der Waals surface area contributed by atoms with Crippen LogP contribution in [0.5, 0.6) is 0 Å². The molecular weight excluding hydrogens is 326 g/mol. The molecule has 0 fully saturated rings. The summed E-state index contributed by atoms with van der Waals surface area (Å²) in [6, 6.07) is 4.94. The molecule has 0 amide bonds. The van der Waals surface area contributed by atoms with Crippen LogP contribution in [0.2, 0.25) is 4.34 Å². The van der Waals surface area contributed by atoms with Crippen molar-refractivity contribution >= 4 is 46.0 Å². The van der Waals surface area contributed by atoms with E-state index in [9.17, 15) is 0 Å². The summed E-state index contributed by atoms with van der Waals surface area (Å²) in [5.74, 6) is 2.44. The van der Waals surface area contributed by atoms with Gasteiger partial charge in [-0.25, -0.2) is 0 Å². The third-order valence-electron chi connectivity index (χ3n) is 3.50. The fourth-order valence-corrected chi connectivity index (χ4v) is 6.34. The van der Waals surface area contributed by atoms with Gasteiger partial charge in [-0.15, -0.1) is 22.7 Å². The van der Waals surface area contributed by atoms with Gasteiger partial charge in [-0.2, -0.15) is 11.8 Å². The van der Waals surface area contributed by atoms with Crippen LogP contribution < -0.4 is 5.32 Å². The van der Waals surface area contributed by atoms with Crippen molar-refractivity contribution in [3.8, 4) is 0 Å². The van der Waals surface area contributed by atoms with Crippen LogP contribution in [0.3, 0.4) is 0 Å². The third kappa shape index (κ3) is 2.95. The molecule has 1 nitrogen and oxygen atoms in total. The highest BCUT2D eigenvalue weighted by Crippen LogP contribution is 2.39. The van der Waals surface area contributed by atoms with Crippen LogP contribution in [0, 0.1) is 6.92 Å². The molecule has 0 saturated heterocycles. The van der Waals surface area contributed by atoms with Crippen molar-refractivity contribution in [2.75, 3.05) is 12.3 Å². The topological polar surface area (TPSA) is 12.0 Å². The van der Waals surface area contributed by atoms with E-state index < -0.39 is 0 Å². The van der Waals surface area contributed by atoms with Gasteiger partial charge in [0.25, 0.3) is 0 Å². The first kappa shape index (κ1) is 14.9. The Kier molecular flexibility index (Phi) is 4.78. The van der Waals surface area contributed by atoms with E-state index in [1.165, 1.54) is 33.2 Å². The molecule has 1 N–H and O–H groups in total. The molecule has 1 aliphatic rings. The smallest absolute Gasteiger partial charge is 0.0961 e. The lowest BCUT2D eigenvalue weighted by Crippen LogP contribution is -2.20. The van der Waals surface area contributed by atoms with Gasteiger partial charge < -0.3 is 5.32 Å². The highest BCUT2D eigenvalue weighted by Gasteiger charge is 2.22. The fraction of sp³-hybridized carbons (Fsp3) is 0.467. The van der Waals surface area contributed by atoms with E-state index in [1.54, 1.807) is 21.8 Å². The lowest BCUT2D eigenvalue weighted by Gasteiger charge is -2.14. The average molecular weight is 344 g/mol. The van der Waals surface area contributed by atoms with Gasteiger partial charge in [0.2, 0.25) is 0 Å². The Balaban J connectivity index is 1.95. The quantitative estimate of drug-likeness (QED) is 0.812. The standard InChI is InChI=1S/C15H18ClNS3/c1-3-17-14(12-6-9(2)15(16)20-12)13-7-10-8-18-5-4-11(10)19-13/h6-7,14,17H,3-5,8H2,1-2H3. The summed E-state index contributed by atoms with van der Waals surface area (Å²) in [5, 5.41) is 3.62. The van der Waals surface area contributed by atoms with Crippen LogP contribution in [0.1, 0.15) is 38.7 Å². The monoisotopic (exact) mass is 343 g/mol. The number of halogens is 1. The molecule has 3 rings (SSSR count). The lowest BCUT2D eigenvalue weighted by molar-refractivity contribution is 0.648. The van der Waals surface area contributed by atoms with Gasteiger partial charge in [0, 0.05) is 20.4 Å². The minimum absolute atomic E-state index is 0.303. The molecule has 0 saturated carbocycles. The van der Waals surface area contributed by atoms with Gasteiger partial charge in [-0.1, -0.05) is 18.5 Å². The summed E-state index contributed by atoms with van der Waals surface area (Å²) in [5.41, 5.74) is 2.73. The Bertz CT molecular complexity index is 559. The zero-order valence-corrected chi connectivity index (χ0v) is 14.9. The van der Waals surface area contributed by atoms with E-state index in [-0.39, 0.29) is 0 Å². The number of aryl methyl sites for hydroxylation is 2. The molecule has 1 atom stereocenters. The van der Waals surface area contributed by atoms with Gasteiger partial charge in [-0.05, 0) is 48.9 Å². The molecule has 20 heavy (non-hydrogen) atoms. The van der Waals surface area contributed by atoms with E-state index in [4.69, 9.17) is 11.6 Å². The Labute approximate surface area is 137 Å². The fourth-order valence-electron chi connectivity index (χ4n) is 2.48. The van der Waals surface area contributed by atoms with Crippen molar-refractivity contribution in [2.24, 2.45) is 0 Å². The summed E-state index contributed by atoms with van der Waals surface area (Å²) in [6.45, 7) is 5.22. The van der Waals surface area contributed by atoms with Crippen molar-refractivity contribution in [3.05, 3.63) is 42.2 Å². The zero-order chi connectivity index (χ0) is 14.1. The van der Waals surface area contributed by atoms with Crippen LogP contribution in [0.25, 0.3) is 0 Å². The van der Waals surface area contributed by atoms with Crippen LogP contribution in [-0.4, -0.2) is 12.3 Å². The van der Waals surface area contributed by atoms with Crippen LogP contribution in [0.15, 0.2) is 12.1 Å². The van der Waals surface area contributed by atoms with E-state index in [0.717, 1.165) is 10.9 Å². The molecule has 0 radical (unpaired) electrons.